The van der Waals surface area contributed by atoms with Crippen LogP contribution >= 0.6 is 15.9 Å². The molecule has 0 bridgehead atoms. The molecule has 0 aliphatic heterocycles. The van der Waals surface area contributed by atoms with Gasteiger partial charge in [-0.3, -0.25) is 0 Å². The van der Waals surface area contributed by atoms with E-state index in [0.29, 0.717) is 17.4 Å². The lowest BCUT2D eigenvalue weighted by Crippen LogP contribution is -2.30. The second-order valence-electron chi connectivity index (χ2n) is 5.72. The quantitative estimate of drug-likeness (QED) is 0.844. The lowest BCUT2D eigenvalue weighted by atomic mass is 9.72. The molecule has 0 saturated heterocycles. The minimum Gasteiger partial charge on any atom is -0.324 e. The minimum absolute atomic E-state index is 0.183. The van der Waals surface area contributed by atoms with Crippen molar-refractivity contribution >= 4 is 15.9 Å². The summed E-state index contributed by atoms with van der Waals surface area (Å²) in [6.07, 6.45) is 3.42. The van der Waals surface area contributed by atoms with Gasteiger partial charge in [0, 0.05) is 16.1 Å². The number of nitrogens with two attached hydrogens (primary N) is 1. The zero-order valence-corrected chi connectivity index (χ0v) is 12.6. The Balaban J connectivity index is 2.16. The first-order valence-electron chi connectivity index (χ1n) is 6.69. The van der Waals surface area contributed by atoms with Crippen molar-refractivity contribution in [2.75, 3.05) is 0 Å². The maximum Gasteiger partial charge on any atom is 0.128 e. The van der Waals surface area contributed by atoms with E-state index in [1.807, 2.05) is 6.07 Å². The summed E-state index contributed by atoms with van der Waals surface area (Å²) in [5.74, 6) is 1.67. The first kappa shape index (κ1) is 14.0. The summed E-state index contributed by atoms with van der Waals surface area (Å²) in [5, 5.41) is 0. The number of halogens is 2. The van der Waals surface area contributed by atoms with Gasteiger partial charge >= 0.3 is 0 Å². The third-order valence-corrected chi connectivity index (χ3v) is 4.96. The molecule has 0 radical (unpaired) electrons. The van der Waals surface area contributed by atoms with E-state index in [-0.39, 0.29) is 11.9 Å². The molecule has 100 valence electrons. The Hall–Kier alpha value is -0.410. The Morgan fingerprint density at radius 2 is 2.00 bits per heavy atom. The van der Waals surface area contributed by atoms with Gasteiger partial charge in [0.1, 0.15) is 5.82 Å². The first-order chi connectivity index (χ1) is 8.49. The van der Waals surface area contributed by atoms with Crippen LogP contribution < -0.4 is 5.73 Å². The third-order valence-electron chi connectivity index (χ3n) is 4.46. The molecule has 1 nitrogen and oxygen atoms in total. The normalized spacial score (nSPS) is 30.2. The molecule has 0 heterocycles. The molecule has 0 amide bonds. The van der Waals surface area contributed by atoms with Crippen LogP contribution in [-0.4, -0.2) is 0 Å². The van der Waals surface area contributed by atoms with Gasteiger partial charge < -0.3 is 5.73 Å². The van der Waals surface area contributed by atoms with E-state index in [0.717, 1.165) is 23.2 Å². The van der Waals surface area contributed by atoms with E-state index in [4.69, 9.17) is 5.73 Å². The molecule has 4 atom stereocenters. The molecular weight excluding hydrogens is 293 g/mol. The lowest BCUT2D eigenvalue weighted by Gasteiger charge is -2.35. The Bertz CT molecular complexity index is 421. The van der Waals surface area contributed by atoms with Gasteiger partial charge in [0.2, 0.25) is 0 Å². The predicted octanol–water partition coefficient (Wildman–Crippen LogP) is 4.66. The summed E-state index contributed by atoms with van der Waals surface area (Å²) in [4.78, 5) is 0. The van der Waals surface area contributed by atoms with Gasteiger partial charge in [0.05, 0.1) is 0 Å². The number of benzene rings is 1. The average molecular weight is 314 g/mol. The zero-order valence-electron chi connectivity index (χ0n) is 11.0. The van der Waals surface area contributed by atoms with E-state index < -0.39 is 0 Å². The van der Waals surface area contributed by atoms with Crippen LogP contribution in [0.5, 0.6) is 0 Å². The fraction of sp³-hybridized carbons (Fsp3) is 0.600. The average Bonchev–Trinajstić information content (AvgIpc) is 2.35. The van der Waals surface area contributed by atoms with E-state index in [9.17, 15) is 4.39 Å². The molecule has 0 spiro atoms. The zero-order chi connectivity index (χ0) is 13.3. The largest absolute Gasteiger partial charge is 0.324 e. The summed E-state index contributed by atoms with van der Waals surface area (Å²) in [7, 11) is 0. The van der Waals surface area contributed by atoms with Crippen LogP contribution in [0, 0.1) is 23.6 Å². The monoisotopic (exact) mass is 313 g/mol. The van der Waals surface area contributed by atoms with Gasteiger partial charge in [-0.2, -0.15) is 0 Å². The minimum atomic E-state index is -0.183. The van der Waals surface area contributed by atoms with Crippen molar-refractivity contribution in [3.05, 3.63) is 34.1 Å². The van der Waals surface area contributed by atoms with Crippen molar-refractivity contribution in [3.8, 4) is 0 Å². The van der Waals surface area contributed by atoms with Crippen LogP contribution in [0.15, 0.2) is 22.7 Å². The van der Waals surface area contributed by atoms with Crippen molar-refractivity contribution in [1.82, 2.24) is 0 Å². The molecule has 2 N–H and O–H groups in total. The summed E-state index contributed by atoms with van der Waals surface area (Å²) in [6, 6.07) is 4.85. The van der Waals surface area contributed by atoms with Gasteiger partial charge in [-0.15, -0.1) is 0 Å². The summed E-state index contributed by atoms with van der Waals surface area (Å²) in [6.45, 7) is 4.58. The molecule has 1 saturated carbocycles. The highest BCUT2D eigenvalue weighted by atomic mass is 79.9. The smallest absolute Gasteiger partial charge is 0.128 e. The van der Waals surface area contributed by atoms with Crippen molar-refractivity contribution in [1.29, 1.82) is 0 Å². The highest BCUT2D eigenvalue weighted by Gasteiger charge is 2.30. The number of hydrogen-bond donors (Lipinski definition) is 1. The van der Waals surface area contributed by atoms with Gasteiger partial charge in [-0.25, -0.2) is 4.39 Å². The maximum absolute atomic E-state index is 13.8. The van der Waals surface area contributed by atoms with E-state index in [1.165, 1.54) is 12.5 Å². The summed E-state index contributed by atoms with van der Waals surface area (Å²) < 4.78 is 14.7. The summed E-state index contributed by atoms with van der Waals surface area (Å²) >= 11 is 3.39. The second-order valence-corrected chi connectivity index (χ2v) is 6.63. The Morgan fingerprint density at radius 1 is 1.28 bits per heavy atom. The number of rotatable bonds is 2. The summed E-state index contributed by atoms with van der Waals surface area (Å²) in [5.41, 5.74) is 6.94. The van der Waals surface area contributed by atoms with Gasteiger partial charge in [0.25, 0.3) is 0 Å². The molecule has 1 aliphatic carbocycles. The van der Waals surface area contributed by atoms with Crippen LogP contribution in [0.1, 0.15) is 44.7 Å². The van der Waals surface area contributed by atoms with Crippen LogP contribution in [0.25, 0.3) is 0 Å². The molecule has 1 fully saturated rings. The van der Waals surface area contributed by atoms with Crippen LogP contribution in [0.3, 0.4) is 0 Å². The SMILES string of the molecule is CC1CCC(C(N)c2cc(Br)ccc2F)CC1C. The molecule has 1 aliphatic rings. The molecule has 4 unspecified atom stereocenters. The van der Waals surface area contributed by atoms with Crippen LogP contribution in [-0.2, 0) is 0 Å². The highest BCUT2D eigenvalue weighted by Crippen LogP contribution is 2.39. The van der Waals surface area contributed by atoms with E-state index >= 15 is 0 Å². The molecule has 0 aromatic heterocycles. The molecule has 18 heavy (non-hydrogen) atoms. The molecule has 1 aromatic rings. The topological polar surface area (TPSA) is 26.0 Å². The van der Waals surface area contributed by atoms with Crippen LogP contribution in [0.4, 0.5) is 4.39 Å². The van der Waals surface area contributed by atoms with Crippen molar-refractivity contribution in [3.63, 3.8) is 0 Å². The second kappa shape index (κ2) is 5.70. The molecule has 3 heteroatoms. The predicted molar refractivity (Wildman–Crippen MR) is 76.7 cm³/mol. The fourth-order valence-electron chi connectivity index (χ4n) is 2.94. The standard InChI is InChI=1S/C15H21BrFN/c1-9-3-4-11(7-10(9)2)15(18)13-8-12(16)5-6-14(13)17/h5-6,8-11,15H,3-4,7,18H2,1-2H3. The Kier molecular flexibility index (Phi) is 4.44. The van der Waals surface area contributed by atoms with Crippen LogP contribution in [0.2, 0.25) is 0 Å². The molecule has 2 rings (SSSR count). The Morgan fingerprint density at radius 3 is 2.67 bits per heavy atom. The van der Waals surface area contributed by atoms with Crippen molar-refractivity contribution in [2.45, 2.75) is 39.2 Å². The Labute approximate surface area is 117 Å². The lowest BCUT2D eigenvalue weighted by molar-refractivity contribution is 0.184. The maximum atomic E-state index is 13.8. The molecule has 1 aromatic carbocycles. The van der Waals surface area contributed by atoms with Crippen molar-refractivity contribution in [2.24, 2.45) is 23.5 Å². The fourth-order valence-corrected chi connectivity index (χ4v) is 3.32. The highest BCUT2D eigenvalue weighted by molar-refractivity contribution is 9.10. The third kappa shape index (κ3) is 2.94. The molecular formula is C15H21BrFN. The van der Waals surface area contributed by atoms with Gasteiger partial charge in [-0.1, -0.05) is 36.2 Å². The van der Waals surface area contributed by atoms with E-state index in [2.05, 4.69) is 29.8 Å². The number of hydrogen-bond acceptors (Lipinski definition) is 1. The van der Waals surface area contributed by atoms with Gasteiger partial charge in [-0.05, 0) is 48.8 Å². The van der Waals surface area contributed by atoms with Crippen molar-refractivity contribution < 1.29 is 4.39 Å². The first-order valence-corrected chi connectivity index (χ1v) is 7.49. The van der Waals surface area contributed by atoms with E-state index in [1.54, 1.807) is 6.07 Å². The van der Waals surface area contributed by atoms with Gasteiger partial charge in [0.15, 0.2) is 0 Å².